The van der Waals surface area contributed by atoms with Gasteiger partial charge in [0.05, 0.1) is 11.3 Å². The molecule has 35 heavy (non-hydrogen) atoms. The summed E-state index contributed by atoms with van der Waals surface area (Å²) in [7, 11) is 4.21. The number of piperazine rings is 1. The second kappa shape index (κ2) is 10.3. The van der Waals surface area contributed by atoms with Gasteiger partial charge in [0, 0.05) is 62.6 Å². The molecule has 0 aliphatic carbocycles. The van der Waals surface area contributed by atoms with Crippen LogP contribution in [0.4, 0.5) is 23.0 Å². The van der Waals surface area contributed by atoms with Crippen LogP contribution in [0, 0.1) is 11.8 Å². The van der Waals surface area contributed by atoms with E-state index in [0.717, 1.165) is 54.3 Å². The Hall–Kier alpha value is -3.67. The third kappa shape index (κ3) is 5.21. The first kappa shape index (κ1) is 23.1. The minimum absolute atomic E-state index is 0.553. The van der Waals surface area contributed by atoms with Gasteiger partial charge in [0.1, 0.15) is 0 Å². The second-order valence-corrected chi connectivity index (χ2v) is 9.45. The number of pyridine rings is 1. The van der Waals surface area contributed by atoms with Crippen LogP contribution in [0.3, 0.4) is 0 Å². The molecule has 4 aromatic rings. The molecule has 1 saturated heterocycles. The van der Waals surface area contributed by atoms with Crippen molar-refractivity contribution in [2.24, 2.45) is 0 Å². The molecule has 0 spiro atoms. The van der Waals surface area contributed by atoms with Crippen LogP contribution < -0.4 is 14.5 Å². The lowest BCUT2D eigenvalue weighted by atomic mass is 10.1. The Morgan fingerprint density at radius 3 is 2.54 bits per heavy atom. The lowest BCUT2D eigenvalue weighted by Crippen LogP contribution is -2.44. The summed E-state index contributed by atoms with van der Waals surface area (Å²) in [5.74, 6) is 7.19. The fourth-order valence-corrected chi connectivity index (χ4v) is 4.47. The van der Waals surface area contributed by atoms with Crippen LogP contribution in [-0.2, 0) is 0 Å². The molecule has 8 heteroatoms. The zero-order valence-corrected chi connectivity index (χ0v) is 21.1. The number of hydrogen-bond donors (Lipinski definition) is 1. The quantitative estimate of drug-likeness (QED) is 0.335. The van der Waals surface area contributed by atoms with Crippen molar-refractivity contribution in [2.75, 3.05) is 61.1 Å². The van der Waals surface area contributed by atoms with Gasteiger partial charge in [-0.1, -0.05) is 42.0 Å². The highest BCUT2D eigenvalue weighted by molar-refractivity contribution is 7.99. The molecule has 0 unspecified atom stereocenters. The van der Waals surface area contributed by atoms with E-state index in [4.69, 9.17) is 4.98 Å². The molecule has 1 fully saturated rings. The standard InChI is InChI=1S/C27H29N7S/c1-31-16-18-33(19-17-31)24-11-6-10-23(20-24)28-27-29-26-22(9-7-15-34(26)30-27)14-13-21-8-4-5-12-25(21)32(2)35-3/h4-12,15,20H,16-19H2,1-3H3,(H,28,30). The number of hydrogen-bond acceptors (Lipinski definition) is 7. The van der Waals surface area contributed by atoms with Crippen molar-refractivity contribution in [3.05, 3.63) is 78.0 Å². The van der Waals surface area contributed by atoms with Crippen LogP contribution >= 0.6 is 11.9 Å². The van der Waals surface area contributed by atoms with E-state index in [9.17, 15) is 0 Å². The maximum atomic E-state index is 4.75. The van der Waals surface area contributed by atoms with E-state index in [1.165, 1.54) is 5.69 Å². The summed E-state index contributed by atoms with van der Waals surface area (Å²) in [4.78, 5) is 9.53. The van der Waals surface area contributed by atoms with Crippen LogP contribution in [0.25, 0.3) is 5.65 Å². The molecule has 5 rings (SSSR count). The Morgan fingerprint density at radius 1 is 0.943 bits per heavy atom. The minimum Gasteiger partial charge on any atom is -0.369 e. The number of likely N-dealkylation sites (N-methyl/N-ethyl adjacent to an activating group) is 1. The zero-order valence-electron chi connectivity index (χ0n) is 20.3. The highest BCUT2D eigenvalue weighted by Crippen LogP contribution is 2.24. The van der Waals surface area contributed by atoms with Crippen LogP contribution in [0.15, 0.2) is 66.9 Å². The first-order valence-electron chi connectivity index (χ1n) is 11.7. The smallest absolute Gasteiger partial charge is 0.247 e. The fourth-order valence-electron chi connectivity index (χ4n) is 4.12. The molecule has 178 valence electrons. The summed E-state index contributed by atoms with van der Waals surface area (Å²) in [5, 5.41) is 8.01. The van der Waals surface area contributed by atoms with Gasteiger partial charge in [-0.05, 0) is 49.5 Å². The largest absolute Gasteiger partial charge is 0.369 e. The molecule has 7 nitrogen and oxygen atoms in total. The van der Waals surface area contributed by atoms with Crippen molar-refractivity contribution >= 4 is 40.6 Å². The number of nitrogens with one attached hydrogen (secondary N) is 1. The van der Waals surface area contributed by atoms with E-state index in [0.29, 0.717) is 5.95 Å². The Bertz CT molecular complexity index is 1380. The summed E-state index contributed by atoms with van der Waals surface area (Å²) in [6.07, 6.45) is 3.95. The predicted octanol–water partition coefficient (Wildman–Crippen LogP) is 4.34. The molecule has 2 aromatic heterocycles. The molecule has 0 radical (unpaired) electrons. The average Bonchev–Trinajstić information content (AvgIpc) is 3.30. The number of para-hydroxylation sites is 1. The average molecular weight is 484 g/mol. The van der Waals surface area contributed by atoms with E-state index in [2.05, 4.69) is 73.9 Å². The van der Waals surface area contributed by atoms with Gasteiger partial charge in [-0.25, -0.2) is 4.52 Å². The van der Waals surface area contributed by atoms with Crippen molar-refractivity contribution in [1.82, 2.24) is 19.5 Å². The second-order valence-electron chi connectivity index (χ2n) is 8.54. The molecule has 1 N–H and O–H groups in total. The monoisotopic (exact) mass is 483 g/mol. The highest BCUT2D eigenvalue weighted by atomic mass is 32.2. The number of rotatable bonds is 5. The van der Waals surface area contributed by atoms with Gasteiger partial charge in [0.25, 0.3) is 0 Å². The summed E-state index contributed by atoms with van der Waals surface area (Å²) >= 11 is 1.66. The SMILES string of the molecule is CSN(C)c1ccccc1C#Cc1cccn2nc(Nc3cccc(N4CCN(C)CC4)c3)nc12. The van der Waals surface area contributed by atoms with Crippen LogP contribution in [0.2, 0.25) is 0 Å². The molecule has 0 amide bonds. The molecule has 0 atom stereocenters. The fraction of sp³-hybridized carbons (Fsp3) is 0.259. The maximum Gasteiger partial charge on any atom is 0.247 e. The summed E-state index contributed by atoms with van der Waals surface area (Å²) in [5.41, 5.74) is 5.81. The zero-order chi connectivity index (χ0) is 24.2. The van der Waals surface area contributed by atoms with Gasteiger partial charge in [0.2, 0.25) is 5.95 Å². The van der Waals surface area contributed by atoms with Crippen molar-refractivity contribution in [3.8, 4) is 11.8 Å². The number of anilines is 4. The van der Waals surface area contributed by atoms with Crippen molar-refractivity contribution in [3.63, 3.8) is 0 Å². The molecule has 3 heterocycles. The van der Waals surface area contributed by atoms with Crippen LogP contribution in [0.5, 0.6) is 0 Å². The highest BCUT2D eigenvalue weighted by Gasteiger charge is 2.15. The molecule has 1 aliphatic heterocycles. The number of aromatic nitrogens is 3. The molecule has 2 aromatic carbocycles. The van der Waals surface area contributed by atoms with E-state index >= 15 is 0 Å². The molecule has 0 saturated carbocycles. The molecular formula is C27H29N7S. The minimum atomic E-state index is 0.553. The summed E-state index contributed by atoms with van der Waals surface area (Å²) in [6.45, 7) is 4.22. The Labute approximate surface area is 210 Å². The third-order valence-corrected chi connectivity index (χ3v) is 6.93. The maximum absolute atomic E-state index is 4.75. The van der Waals surface area contributed by atoms with Crippen LogP contribution in [0.1, 0.15) is 11.1 Å². The van der Waals surface area contributed by atoms with Crippen LogP contribution in [-0.4, -0.2) is 66.0 Å². The van der Waals surface area contributed by atoms with Gasteiger partial charge >= 0.3 is 0 Å². The molecular weight excluding hydrogens is 454 g/mol. The lowest BCUT2D eigenvalue weighted by molar-refractivity contribution is 0.313. The van der Waals surface area contributed by atoms with Gasteiger partial charge in [-0.3, -0.25) is 0 Å². The Kier molecular flexibility index (Phi) is 6.80. The topological polar surface area (TPSA) is 51.9 Å². The number of benzene rings is 2. The normalized spacial score (nSPS) is 14.0. The van der Waals surface area contributed by atoms with Gasteiger partial charge < -0.3 is 19.4 Å². The first-order chi connectivity index (χ1) is 17.1. The lowest BCUT2D eigenvalue weighted by Gasteiger charge is -2.34. The number of fused-ring (bicyclic) bond motifs is 1. The van der Waals surface area contributed by atoms with Crippen molar-refractivity contribution in [1.29, 1.82) is 0 Å². The molecule has 0 bridgehead atoms. The van der Waals surface area contributed by atoms with E-state index in [-0.39, 0.29) is 0 Å². The van der Waals surface area contributed by atoms with Gasteiger partial charge in [-0.15, -0.1) is 5.10 Å². The van der Waals surface area contributed by atoms with E-state index < -0.39 is 0 Å². The number of nitrogens with zero attached hydrogens (tertiary/aromatic N) is 6. The van der Waals surface area contributed by atoms with Crippen molar-refractivity contribution in [2.45, 2.75) is 0 Å². The van der Waals surface area contributed by atoms with Gasteiger partial charge in [-0.2, -0.15) is 4.98 Å². The Morgan fingerprint density at radius 2 is 1.71 bits per heavy atom. The van der Waals surface area contributed by atoms with E-state index in [1.54, 1.807) is 16.5 Å². The predicted molar refractivity (Wildman–Crippen MR) is 147 cm³/mol. The van der Waals surface area contributed by atoms with E-state index in [1.807, 2.05) is 49.6 Å². The Balaban J connectivity index is 1.39. The summed E-state index contributed by atoms with van der Waals surface area (Å²) in [6, 6.07) is 20.5. The summed E-state index contributed by atoms with van der Waals surface area (Å²) < 4.78 is 3.89. The molecule has 1 aliphatic rings. The van der Waals surface area contributed by atoms with Crippen molar-refractivity contribution < 1.29 is 0 Å². The third-order valence-electron chi connectivity index (χ3n) is 6.18. The van der Waals surface area contributed by atoms with Gasteiger partial charge in [0.15, 0.2) is 5.65 Å². The first-order valence-corrected chi connectivity index (χ1v) is 12.8.